The number of likely N-dealkylation sites (tertiary alicyclic amines) is 1. The fourth-order valence-electron chi connectivity index (χ4n) is 4.57. The second-order valence-electron chi connectivity index (χ2n) is 8.51. The molecule has 4 rings (SSSR count). The van der Waals surface area contributed by atoms with Crippen LogP contribution in [0, 0.1) is 11.3 Å². The number of rotatable bonds is 5. The van der Waals surface area contributed by atoms with E-state index in [4.69, 9.17) is 10.5 Å². The molecule has 0 saturated carbocycles. The Morgan fingerprint density at radius 2 is 2.06 bits per heavy atom. The number of amides is 2. The minimum absolute atomic E-state index is 0.0563. The number of fused-ring (bicyclic) bond motifs is 1. The number of aromatic nitrogens is 1. The first-order chi connectivity index (χ1) is 15.4. The maximum absolute atomic E-state index is 13.0. The number of primary amides is 1. The van der Waals surface area contributed by atoms with Crippen molar-refractivity contribution < 1.29 is 14.3 Å². The fourth-order valence-corrected chi connectivity index (χ4v) is 4.57. The topological polar surface area (TPSA) is 125 Å². The Bertz CT molecular complexity index is 1040. The number of ether oxygens (including phenoxy) is 1. The molecular weight excluding hydrogens is 408 g/mol. The van der Waals surface area contributed by atoms with Crippen molar-refractivity contribution in [2.75, 3.05) is 37.6 Å². The van der Waals surface area contributed by atoms with E-state index in [-0.39, 0.29) is 30.5 Å². The van der Waals surface area contributed by atoms with Crippen LogP contribution in [0.25, 0.3) is 10.9 Å². The van der Waals surface area contributed by atoms with Gasteiger partial charge in [-0.1, -0.05) is 0 Å². The third-order valence-corrected chi connectivity index (χ3v) is 6.07. The largest absolute Gasteiger partial charge is 0.369 e. The number of pyridine rings is 1. The van der Waals surface area contributed by atoms with Crippen LogP contribution in [0.5, 0.6) is 0 Å². The molecule has 3 N–H and O–H groups in total. The zero-order valence-electron chi connectivity index (χ0n) is 18.2. The van der Waals surface area contributed by atoms with Crippen molar-refractivity contribution in [1.82, 2.24) is 15.2 Å². The Kier molecular flexibility index (Phi) is 6.53. The number of nitrogens with one attached hydrogen (secondary N) is 1. The molecule has 2 atom stereocenters. The Morgan fingerprint density at radius 3 is 2.78 bits per heavy atom. The molecular formula is C23H28N6O3. The molecule has 2 aliphatic rings. The highest BCUT2D eigenvalue weighted by Crippen LogP contribution is 2.30. The normalized spacial score (nSPS) is 22.4. The molecule has 0 bridgehead atoms. The monoisotopic (exact) mass is 436 g/mol. The molecule has 1 aromatic heterocycles. The number of nitrogens with zero attached hydrogens (tertiary/aromatic N) is 4. The van der Waals surface area contributed by atoms with Gasteiger partial charge < -0.3 is 20.7 Å². The van der Waals surface area contributed by atoms with Gasteiger partial charge in [-0.15, -0.1) is 0 Å². The molecule has 0 radical (unpaired) electrons. The maximum atomic E-state index is 13.0. The zero-order chi connectivity index (χ0) is 22.7. The Morgan fingerprint density at radius 1 is 1.28 bits per heavy atom. The SMILES string of the molecule is C[C@@H]1CN(c2ccc(C#N)c3ncccc23)C[C@H](C(=O)NC2CCN(CC(N)=O)CC2)O1. The van der Waals surface area contributed by atoms with E-state index in [0.29, 0.717) is 24.2 Å². The maximum Gasteiger partial charge on any atom is 0.251 e. The molecule has 9 heteroatoms. The summed E-state index contributed by atoms with van der Waals surface area (Å²) in [5, 5.41) is 13.4. The highest BCUT2D eigenvalue weighted by atomic mass is 16.5. The predicted octanol–water partition coefficient (Wildman–Crippen LogP) is 0.766. The number of hydrogen-bond acceptors (Lipinski definition) is 7. The highest BCUT2D eigenvalue weighted by Gasteiger charge is 2.33. The molecule has 32 heavy (non-hydrogen) atoms. The van der Waals surface area contributed by atoms with E-state index in [1.807, 2.05) is 30.0 Å². The van der Waals surface area contributed by atoms with Gasteiger partial charge in [-0.05, 0) is 44.0 Å². The molecule has 2 saturated heterocycles. The molecule has 0 aliphatic carbocycles. The van der Waals surface area contributed by atoms with E-state index in [2.05, 4.69) is 21.3 Å². The number of carbonyl (C=O) groups is 2. The zero-order valence-corrected chi connectivity index (χ0v) is 18.2. The van der Waals surface area contributed by atoms with Gasteiger partial charge in [0.1, 0.15) is 6.07 Å². The van der Waals surface area contributed by atoms with Crippen molar-refractivity contribution >= 4 is 28.4 Å². The molecule has 2 aliphatic heterocycles. The lowest BCUT2D eigenvalue weighted by atomic mass is 10.0. The highest BCUT2D eigenvalue weighted by molar-refractivity contribution is 5.95. The molecule has 0 unspecified atom stereocenters. The summed E-state index contributed by atoms with van der Waals surface area (Å²) in [7, 11) is 0. The number of benzene rings is 1. The second kappa shape index (κ2) is 9.51. The lowest BCUT2D eigenvalue weighted by Crippen LogP contribution is -2.55. The van der Waals surface area contributed by atoms with Crippen molar-refractivity contribution in [1.29, 1.82) is 5.26 Å². The quantitative estimate of drug-likeness (QED) is 0.709. The minimum atomic E-state index is -0.593. The summed E-state index contributed by atoms with van der Waals surface area (Å²) in [6.45, 7) is 4.74. The van der Waals surface area contributed by atoms with Crippen molar-refractivity contribution in [2.24, 2.45) is 5.73 Å². The van der Waals surface area contributed by atoms with Crippen LogP contribution in [-0.4, -0.2) is 72.7 Å². The number of hydrogen-bond donors (Lipinski definition) is 2. The number of nitrogens with two attached hydrogens (primary N) is 1. The van der Waals surface area contributed by atoms with Crippen molar-refractivity contribution in [3.8, 4) is 6.07 Å². The Labute approximate surface area is 187 Å². The van der Waals surface area contributed by atoms with Crippen LogP contribution in [0.4, 0.5) is 5.69 Å². The van der Waals surface area contributed by atoms with Gasteiger partial charge in [0.25, 0.3) is 5.91 Å². The lowest BCUT2D eigenvalue weighted by molar-refractivity contribution is -0.138. The van der Waals surface area contributed by atoms with Crippen LogP contribution < -0.4 is 16.0 Å². The summed E-state index contributed by atoms with van der Waals surface area (Å²) in [6.07, 6.45) is 2.51. The van der Waals surface area contributed by atoms with E-state index < -0.39 is 6.10 Å². The third kappa shape index (κ3) is 4.82. The summed E-state index contributed by atoms with van der Waals surface area (Å²) >= 11 is 0. The third-order valence-electron chi connectivity index (χ3n) is 6.07. The van der Waals surface area contributed by atoms with Crippen molar-refractivity contribution in [3.05, 3.63) is 36.0 Å². The second-order valence-corrected chi connectivity index (χ2v) is 8.51. The van der Waals surface area contributed by atoms with Crippen LogP contribution in [-0.2, 0) is 14.3 Å². The van der Waals surface area contributed by atoms with Gasteiger partial charge in [-0.3, -0.25) is 19.5 Å². The van der Waals surface area contributed by atoms with E-state index in [9.17, 15) is 14.9 Å². The fraction of sp³-hybridized carbons (Fsp3) is 0.478. The molecule has 2 aromatic rings. The molecule has 2 fully saturated rings. The minimum Gasteiger partial charge on any atom is -0.369 e. The molecule has 2 amide bonds. The first-order valence-electron chi connectivity index (χ1n) is 10.9. The van der Waals surface area contributed by atoms with Gasteiger partial charge in [0, 0.05) is 42.9 Å². The van der Waals surface area contributed by atoms with Crippen molar-refractivity contribution in [2.45, 2.75) is 38.0 Å². The first-order valence-corrected chi connectivity index (χ1v) is 10.9. The number of piperidine rings is 1. The van der Waals surface area contributed by atoms with Crippen LogP contribution >= 0.6 is 0 Å². The van der Waals surface area contributed by atoms with E-state index >= 15 is 0 Å². The Balaban J connectivity index is 1.44. The summed E-state index contributed by atoms with van der Waals surface area (Å²) in [5.74, 6) is -0.450. The van der Waals surface area contributed by atoms with E-state index in [1.165, 1.54) is 0 Å². The first kappa shape index (κ1) is 22.0. The molecule has 0 spiro atoms. The van der Waals surface area contributed by atoms with Gasteiger partial charge in [-0.2, -0.15) is 5.26 Å². The summed E-state index contributed by atoms with van der Waals surface area (Å²) in [5.41, 5.74) is 7.41. The van der Waals surface area contributed by atoms with Crippen LogP contribution in [0.1, 0.15) is 25.3 Å². The van der Waals surface area contributed by atoms with Gasteiger partial charge in [0.2, 0.25) is 5.91 Å². The number of morpholine rings is 1. The number of carbonyl (C=O) groups excluding carboxylic acids is 2. The smallest absolute Gasteiger partial charge is 0.251 e. The molecule has 168 valence electrons. The predicted molar refractivity (Wildman–Crippen MR) is 120 cm³/mol. The van der Waals surface area contributed by atoms with Gasteiger partial charge in [0.15, 0.2) is 6.10 Å². The molecule has 3 heterocycles. The lowest BCUT2D eigenvalue weighted by Gasteiger charge is -2.39. The van der Waals surface area contributed by atoms with E-state index in [1.54, 1.807) is 12.3 Å². The number of anilines is 1. The average molecular weight is 437 g/mol. The van der Waals surface area contributed by atoms with E-state index in [0.717, 1.165) is 37.0 Å². The van der Waals surface area contributed by atoms with Gasteiger partial charge in [-0.25, -0.2) is 0 Å². The molecule has 1 aromatic carbocycles. The Hall–Kier alpha value is -3.22. The summed E-state index contributed by atoms with van der Waals surface area (Å²) in [6, 6.07) is 9.76. The standard InChI is InChI=1S/C23H28N6O3/c1-15-12-29(19-5-4-16(11-24)22-18(19)3-2-8-26-22)13-20(32-15)23(31)27-17-6-9-28(10-7-17)14-21(25)30/h2-5,8,15,17,20H,6-7,9-10,12-14H2,1H3,(H2,25,30)(H,27,31)/t15-,20-/m1/s1. The van der Waals surface area contributed by atoms with Crippen LogP contribution in [0.15, 0.2) is 30.5 Å². The van der Waals surface area contributed by atoms with Gasteiger partial charge in [0.05, 0.1) is 30.3 Å². The summed E-state index contributed by atoms with van der Waals surface area (Å²) in [4.78, 5) is 32.6. The molecule has 9 nitrogen and oxygen atoms in total. The average Bonchev–Trinajstić information content (AvgIpc) is 2.78. The number of nitriles is 1. The van der Waals surface area contributed by atoms with Gasteiger partial charge >= 0.3 is 0 Å². The van der Waals surface area contributed by atoms with Crippen LogP contribution in [0.2, 0.25) is 0 Å². The summed E-state index contributed by atoms with van der Waals surface area (Å²) < 4.78 is 5.98. The van der Waals surface area contributed by atoms with Crippen molar-refractivity contribution in [3.63, 3.8) is 0 Å². The van der Waals surface area contributed by atoms with Crippen LogP contribution in [0.3, 0.4) is 0 Å².